The Bertz CT molecular complexity index is 543. The molecule has 4 aliphatic heterocycles. The Balaban J connectivity index is 1.23. The Kier molecular flexibility index (Phi) is 5.88. The summed E-state index contributed by atoms with van der Waals surface area (Å²) in [6.45, 7) is 8.23. The van der Waals surface area contributed by atoms with Gasteiger partial charge in [0.2, 0.25) is 5.91 Å². The molecule has 2 amide bonds. The summed E-state index contributed by atoms with van der Waals surface area (Å²) < 4.78 is 10.7. The number of rotatable bonds is 4. The molecule has 4 heterocycles. The maximum absolute atomic E-state index is 12.5. The molecule has 1 aliphatic carbocycles. The summed E-state index contributed by atoms with van der Waals surface area (Å²) in [7, 11) is 0. The molecule has 5 aliphatic rings. The van der Waals surface area contributed by atoms with E-state index >= 15 is 0 Å². The quantitative estimate of drug-likeness (QED) is 0.742. The molecule has 5 fully saturated rings. The van der Waals surface area contributed by atoms with E-state index in [4.69, 9.17) is 9.47 Å². The van der Waals surface area contributed by atoms with Crippen molar-refractivity contribution in [3.63, 3.8) is 0 Å². The van der Waals surface area contributed by atoms with Gasteiger partial charge in [-0.25, -0.2) is 4.79 Å². The van der Waals surface area contributed by atoms with Crippen LogP contribution in [0.25, 0.3) is 0 Å². The van der Waals surface area contributed by atoms with Gasteiger partial charge in [0.25, 0.3) is 0 Å². The monoisotopic (exact) mass is 379 g/mol. The minimum Gasteiger partial charge on any atom is -0.450 e. The van der Waals surface area contributed by atoms with E-state index in [1.807, 2.05) is 16.7 Å². The minimum atomic E-state index is -0.140. The average molecular weight is 380 g/mol. The Morgan fingerprint density at radius 1 is 1.11 bits per heavy atom. The summed E-state index contributed by atoms with van der Waals surface area (Å²) in [6, 6.07) is 0.907. The van der Waals surface area contributed by atoms with Crippen molar-refractivity contribution in [1.29, 1.82) is 0 Å². The molecule has 0 aromatic rings. The van der Waals surface area contributed by atoms with Crippen molar-refractivity contribution in [2.24, 2.45) is 11.8 Å². The zero-order valence-corrected chi connectivity index (χ0v) is 16.5. The lowest BCUT2D eigenvalue weighted by Gasteiger charge is -2.55. The molecule has 7 nitrogen and oxygen atoms in total. The number of carbonyl (C=O) groups is 2. The van der Waals surface area contributed by atoms with E-state index < -0.39 is 0 Å². The second-order valence-electron chi connectivity index (χ2n) is 8.52. The number of likely N-dealkylation sites (tertiary alicyclic amines) is 1. The van der Waals surface area contributed by atoms with Crippen molar-refractivity contribution in [3.8, 4) is 0 Å². The normalized spacial score (nSPS) is 32.1. The van der Waals surface area contributed by atoms with E-state index in [2.05, 4.69) is 4.90 Å². The van der Waals surface area contributed by atoms with Gasteiger partial charge in [-0.1, -0.05) is 0 Å². The molecule has 1 saturated carbocycles. The van der Waals surface area contributed by atoms with Crippen LogP contribution in [0.5, 0.6) is 0 Å². The third kappa shape index (κ3) is 4.09. The van der Waals surface area contributed by atoms with E-state index in [1.165, 1.54) is 6.42 Å². The van der Waals surface area contributed by atoms with Gasteiger partial charge >= 0.3 is 6.09 Å². The number of fused-ring (bicyclic) bond motifs is 3. The van der Waals surface area contributed by atoms with Crippen LogP contribution in [-0.4, -0.2) is 91.3 Å². The summed E-state index contributed by atoms with van der Waals surface area (Å²) in [4.78, 5) is 31.2. The first-order valence-corrected chi connectivity index (χ1v) is 10.7. The highest BCUT2D eigenvalue weighted by Gasteiger charge is 2.47. The second kappa shape index (κ2) is 8.35. The number of ether oxygens (including phenoxy) is 2. The second-order valence-corrected chi connectivity index (χ2v) is 8.52. The molecule has 0 aromatic heterocycles. The number of nitrogens with zero attached hydrogens (tertiary/aromatic N) is 3. The van der Waals surface area contributed by atoms with Crippen LogP contribution < -0.4 is 0 Å². The number of piperidine rings is 2. The highest BCUT2D eigenvalue weighted by Crippen LogP contribution is 2.40. The lowest BCUT2D eigenvalue weighted by molar-refractivity contribution is -0.135. The molecule has 0 N–H and O–H groups in total. The van der Waals surface area contributed by atoms with Crippen molar-refractivity contribution in [1.82, 2.24) is 14.7 Å². The topological polar surface area (TPSA) is 62.3 Å². The summed E-state index contributed by atoms with van der Waals surface area (Å²) in [5, 5.41) is 0. The van der Waals surface area contributed by atoms with E-state index in [-0.39, 0.29) is 6.09 Å². The number of amides is 2. The Morgan fingerprint density at radius 3 is 2.70 bits per heavy atom. The van der Waals surface area contributed by atoms with E-state index in [9.17, 15) is 9.59 Å². The third-order valence-electron chi connectivity index (χ3n) is 6.80. The minimum absolute atomic E-state index is 0.140. The van der Waals surface area contributed by atoms with Crippen LogP contribution in [-0.2, 0) is 14.3 Å². The van der Waals surface area contributed by atoms with E-state index in [1.54, 1.807) is 0 Å². The highest BCUT2D eigenvalue weighted by molar-refractivity contribution is 5.76. The largest absolute Gasteiger partial charge is 0.450 e. The first kappa shape index (κ1) is 19.0. The molecule has 0 spiro atoms. The first-order chi connectivity index (χ1) is 13.2. The van der Waals surface area contributed by atoms with Gasteiger partial charge in [-0.3, -0.25) is 9.69 Å². The van der Waals surface area contributed by atoms with Crippen molar-refractivity contribution in [2.45, 2.75) is 51.1 Å². The fourth-order valence-electron chi connectivity index (χ4n) is 5.34. The standard InChI is InChI=1S/C20H33N3O4/c1-2-27-20(25)23-14-16-4-5-17(23)11-18(16)22-12-15(13-22)10-19(24)21-6-3-8-26-9-7-21/h15-18H,2-14H2,1H3. The molecule has 5 rings (SSSR count). The molecule has 3 atom stereocenters. The number of hydrogen-bond donors (Lipinski definition) is 0. The van der Waals surface area contributed by atoms with Crippen molar-refractivity contribution >= 4 is 12.0 Å². The van der Waals surface area contributed by atoms with Gasteiger partial charge in [0.1, 0.15) is 0 Å². The third-order valence-corrected chi connectivity index (χ3v) is 6.80. The van der Waals surface area contributed by atoms with Crippen molar-refractivity contribution in [3.05, 3.63) is 0 Å². The summed E-state index contributed by atoms with van der Waals surface area (Å²) >= 11 is 0. The molecule has 4 saturated heterocycles. The van der Waals surface area contributed by atoms with Gasteiger partial charge in [0.05, 0.1) is 13.2 Å². The summed E-state index contributed by atoms with van der Waals surface area (Å²) in [6.07, 6.45) is 4.86. The van der Waals surface area contributed by atoms with Crippen LogP contribution in [0.15, 0.2) is 0 Å². The van der Waals surface area contributed by atoms with E-state index in [0.717, 1.165) is 58.6 Å². The average Bonchev–Trinajstić information content (AvgIpc) is 2.94. The molecule has 3 unspecified atom stereocenters. The molecule has 152 valence electrons. The lowest BCUT2D eigenvalue weighted by atomic mass is 9.74. The van der Waals surface area contributed by atoms with Crippen LogP contribution in [0.1, 0.15) is 39.0 Å². The molecule has 0 aromatic carbocycles. The van der Waals surface area contributed by atoms with Gasteiger partial charge in [-0.15, -0.1) is 0 Å². The Labute approximate surface area is 161 Å². The van der Waals surface area contributed by atoms with Gasteiger partial charge in [0, 0.05) is 57.8 Å². The van der Waals surface area contributed by atoms with Gasteiger partial charge in [-0.05, 0) is 44.4 Å². The maximum atomic E-state index is 12.5. The Hall–Kier alpha value is -1.34. The molecule has 27 heavy (non-hydrogen) atoms. The van der Waals surface area contributed by atoms with Gasteiger partial charge in [-0.2, -0.15) is 0 Å². The highest BCUT2D eigenvalue weighted by atomic mass is 16.6. The summed E-state index contributed by atoms with van der Waals surface area (Å²) in [5.74, 6) is 1.34. The Morgan fingerprint density at radius 2 is 1.96 bits per heavy atom. The van der Waals surface area contributed by atoms with E-state index in [0.29, 0.717) is 49.5 Å². The predicted molar refractivity (Wildman–Crippen MR) is 100 cm³/mol. The fraction of sp³-hybridized carbons (Fsp3) is 0.900. The van der Waals surface area contributed by atoms with Crippen LogP contribution in [0, 0.1) is 11.8 Å². The smallest absolute Gasteiger partial charge is 0.410 e. The molecular formula is C20H33N3O4. The first-order valence-electron chi connectivity index (χ1n) is 10.7. The maximum Gasteiger partial charge on any atom is 0.410 e. The zero-order valence-electron chi connectivity index (χ0n) is 16.5. The van der Waals surface area contributed by atoms with Crippen molar-refractivity contribution < 1.29 is 19.1 Å². The van der Waals surface area contributed by atoms with Crippen LogP contribution in [0.3, 0.4) is 0 Å². The molecular weight excluding hydrogens is 346 g/mol. The number of carbonyl (C=O) groups excluding carboxylic acids is 2. The van der Waals surface area contributed by atoms with Gasteiger partial charge < -0.3 is 19.3 Å². The van der Waals surface area contributed by atoms with Crippen LogP contribution in [0.2, 0.25) is 0 Å². The van der Waals surface area contributed by atoms with Crippen LogP contribution >= 0.6 is 0 Å². The fourth-order valence-corrected chi connectivity index (χ4v) is 5.34. The molecule has 0 radical (unpaired) electrons. The van der Waals surface area contributed by atoms with Gasteiger partial charge in [0.15, 0.2) is 0 Å². The van der Waals surface area contributed by atoms with Crippen molar-refractivity contribution in [2.75, 3.05) is 52.5 Å². The SMILES string of the molecule is CCOC(=O)N1CC2CCC1CC2N1CC(CC(=O)N2CCCOCC2)C1. The van der Waals surface area contributed by atoms with Crippen LogP contribution in [0.4, 0.5) is 4.79 Å². The summed E-state index contributed by atoms with van der Waals surface area (Å²) in [5.41, 5.74) is 0. The molecule has 2 bridgehead atoms. The predicted octanol–water partition coefficient (Wildman–Crippen LogP) is 1.57. The molecule has 7 heteroatoms. The lowest BCUT2D eigenvalue weighted by Crippen LogP contribution is -2.64. The number of hydrogen-bond acceptors (Lipinski definition) is 5. The zero-order chi connectivity index (χ0) is 18.8.